The number of amides is 2. The largest absolute Gasteiger partial charge is 0.391 e. The number of hydrogen-bond acceptors (Lipinski definition) is 13. The van der Waals surface area contributed by atoms with Gasteiger partial charge in [-0.15, -0.1) is 0 Å². The Morgan fingerprint density at radius 2 is 1.03 bits per heavy atom. The van der Waals surface area contributed by atoms with Crippen molar-refractivity contribution in [1.29, 1.82) is 0 Å². The molecule has 2 amide bonds. The van der Waals surface area contributed by atoms with Crippen LogP contribution in [0.1, 0.15) is 71.5 Å². The number of aryl methyl sites for hydroxylation is 4. The van der Waals surface area contributed by atoms with Gasteiger partial charge in [0.1, 0.15) is 34.4 Å². The van der Waals surface area contributed by atoms with Crippen LogP contribution in [0, 0.1) is 13.8 Å². The molecule has 19 nitrogen and oxygen atoms in total. The highest BCUT2D eigenvalue weighted by Crippen LogP contribution is 2.40. The van der Waals surface area contributed by atoms with Crippen LogP contribution in [0.4, 0.5) is 4.79 Å². The van der Waals surface area contributed by atoms with Crippen LogP contribution in [0.2, 0.25) is 0 Å². The highest BCUT2D eigenvalue weighted by atomic mass is 16.3. The molecule has 0 unspecified atom stereocenters. The van der Waals surface area contributed by atoms with Crippen molar-refractivity contribution in [2.24, 2.45) is 0 Å². The molecule has 0 radical (unpaired) electrons. The SMILES string of the molecule is Cc1cccc(-c2nc3n(c2-c2ccnc(-c4nc5c(n4N4CC[C@@H](O)C4)CN(C(=O)N4Cc6nc(-c7cc(-c8c(-c9cccc(C)n9)nc9n8CCC9)ccn7)n(N7CC[C@@H](O)C7)c6C4)C5)c2)CCC3)n1. The molecule has 2 fully saturated rings. The van der Waals surface area contributed by atoms with E-state index < -0.39 is 12.2 Å². The van der Waals surface area contributed by atoms with E-state index in [9.17, 15) is 15.0 Å². The van der Waals surface area contributed by atoms with Crippen LogP contribution in [-0.4, -0.2) is 123 Å². The number of carbonyl (C=O) groups excluding carboxylic acids is 1. The lowest BCUT2D eigenvalue weighted by molar-refractivity contribution is 0.150. The van der Waals surface area contributed by atoms with Crippen molar-refractivity contribution in [3.63, 3.8) is 0 Å². The van der Waals surface area contributed by atoms with Crippen LogP contribution in [0.15, 0.2) is 73.1 Å². The van der Waals surface area contributed by atoms with E-state index >= 15 is 0 Å². The van der Waals surface area contributed by atoms with Gasteiger partial charge in [-0.3, -0.25) is 19.9 Å². The van der Waals surface area contributed by atoms with E-state index in [-0.39, 0.29) is 6.03 Å². The lowest BCUT2D eigenvalue weighted by Gasteiger charge is -2.28. The third-order valence-corrected chi connectivity index (χ3v) is 15.3. The van der Waals surface area contributed by atoms with Gasteiger partial charge in [-0.25, -0.2) is 34.1 Å². The summed E-state index contributed by atoms with van der Waals surface area (Å²) in [6.45, 7) is 9.29. The third-order valence-electron chi connectivity index (χ3n) is 15.3. The molecule has 2 atom stereocenters. The van der Waals surface area contributed by atoms with Crippen LogP contribution < -0.4 is 10.0 Å². The summed E-state index contributed by atoms with van der Waals surface area (Å²) in [6.07, 6.45) is 7.90. The number of aliphatic hydroxyl groups is 2. The van der Waals surface area contributed by atoms with E-state index in [1.165, 1.54) is 0 Å². The average molecular weight is 963 g/mol. The predicted octanol–water partition coefficient (Wildman–Crippen LogP) is 5.42. The second-order valence-corrected chi connectivity index (χ2v) is 20.1. The maximum absolute atomic E-state index is 14.8. The molecule has 6 aliphatic rings. The monoisotopic (exact) mass is 962 g/mol. The van der Waals surface area contributed by atoms with Crippen LogP contribution in [0.25, 0.3) is 68.3 Å². The number of β-amino-alcohol motifs (C(OH)–C–C–N with tert-alkyl or cyclic N) is 2. The van der Waals surface area contributed by atoms with E-state index in [2.05, 4.69) is 40.6 Å². The molecule has 2 saturated heterocycles. The Kier molecular flexibility index (Phi) is 9.96. The molecule has 364 valence electrons. The summed E-state index contributed by atoms with van der Waals surface area (Å²) in [7, 11) is 0. The zero-order chi connectivity index (χ0) is 48.4. The molecule has 8 aromatic rings. The maximum atomic E-state index is 14.8. The standard InChI is InChI=1S/C53H54N16O3/c1-31-7-3-9-37(56-31)47-49(66-19-5-11-45(66)60-47)33-13-17-54-39(23-33)51-58-41-27-62(29-43(41)68(51)64-21-15-35(70)25-64)53(72)63-28-42-44(30-63)69(65-22-16-36(71)26-65)52(59-42)40-24-34(14-18-55-40)50-48(38-10-4-8-32(2)57-38)61-46-12-6-20-67(46)50/h3-4,7-10,13-14,17-18,23-24,35-36,70-71H,5-6,11-12,15-16,19-22,25-30H2,1-2H3/t35-,36-/m1/s1. The molecule has 2 N–H and O–H groups in total. The summed E-state index contributed by atoms with van der Waals surface area (Å²) >= 11 is 0. The summed E-state index contributed by atoms with van der Waals surface area (Å²) in [5, 5.41) is 25.9. The van der Waals surface area contributed by atoms with Crippen molar-refractivity contribution >= 4 is 6.03 Å². The van der Waals surface area contributed by atoms with Gasteiger partial charge in [0.25, 0.3) is 0 Å². The number of carbonyl (C=O) groups is 1. The minimum atomic E-state index is -0.478. The predicted molar refractivity (Wildman–Crippen MR) is 267 cm³/mol. The van der Waals surface area contributed by atoms with Gasteiger partial charge < -0.3 is 39.2 Å². The van der Waals surface area contributed by atoms with Gasteiger partial charge in [0.05, 0.1) is 97.0 Å². The lowest BCUT2D eigenvalue weighted by Crippen LogP contribution is -2.40. The normalized spacial score (nSPS) is 19.0. The van der Waals surface area contributed by atoms with E-state index in [4.69, 9.17) is 39.9 Å². The van der Waals surface area contributed by atoms with Crippen molar-refractivity contribution in [3.05, 3.63) is 119 Å². The fourth-order valence-corrected chi connectivity index (χ4v) is 12.0. The first-order valence-electron chi connectivity index (χ1n) is 25.3. The molecule has 6 aliphatic heterocycles. The van der Waals surface area contributed by atoms with E-state index in [0.717, 1.165) is 130 Å². The molecule has 8 aromatic heterocycles. The highest BCUT2D eigenvalue weighted by Gasteiger charge is 2.40. The lowest BCUT2D eigenvalue weighted by atomic mass is 10.1. The second kappa shape index (κ2) is 16.7. The number of imidazole rings is 4. The number of rotatable bonds is 8. The first-order valence-corrected chi connectivity index (χ1v) is 25.3. The molecule has 19 heteroatoms. The molecule has 72 heavy (non-hydrogen) atoms. The average Bonchev–Trinajstić information content (AvgIpc) is 4.22. The zero-order valence-corrected chi connectivity index (χ0v) is 40.4. The Labute approximate surface area is 415 Å². The zero-order valence-electron chi connectivity index (χ0n) is 40.4. The molecule has 0 bridgehead atoms. The summed E-state index contributed by atoms with van der Waals surface area (Å²) in [5.74, 6) is 3.50. The molecule has 14 rings (SSSR count). The number of urea groups is 1. The highest BCUT2D eigenvalue weighted by molar-refractivity contribution is 5.81. The Bertz CT molecular complexity index is 3270. The minimum Gasteiger partial charge on any atom is -0.391 e. The third kappa shape index (κ3) is 7.03. The van der Waals surface area contributed by atoms with Crippen molar-refractivity contribution in [2.75, 3.05) is 36.2 Å². The Morgan fingerprint density at radius 1 is 0.556 bits per heavy atom. The smallest absolute Gasteiger partial charge is 0.321 e. The second-order valence-electron chi connectivity index (χ2n) is 20.1. The molecule has 0 aromatic carbocycles. The van der Waals surface area contributed by atoms with Crippen molar-refractivity contribution in [2.45, 2.75) is 104 Å². The molecular weight excluding hydrogens is 909 g/mol. The van der Waals surface area contributed by atoms with Crippen LogP contribution >= 0.6 is 0 Å². The topological polar surface area (TPSA) is 193 Å². The van der Waals surface area contributed by atoms with Gasteiger partial charge in [-0.2, -0.15) is 0 Å². The first kappa shape index (κ1) is 43.1. The molecule has 0 spiro atoms. The van der Waals surface area contributed by atoms with Crippen LogP contribution in [0.3, 0.4) is 0 Å². The fraction of sp³-hybridized carbons (Fsp3) is 0.377. The van der Waals surface area contributed by atoms with E-state index in [1.54, 1.807) is 0 Å². The number of aromatic nitrogens is 12. The fourth-order valence-electron chi connectivity index (χ4n) is 12.0. The Balaban J connectivity index is 0.766. The number of nitrogens with zero attached hydrogens (tertiary/aromatic N) is 16. The molecule has 14 heterocycles. The van der Waals surface area contributed by atoms with E-state index in [1.807, 2.05) is 84.6 Å². The maximum Gasteiger partial charge on any atom is 0.321 e. The quantitative estimate of drug-likeness (QED) is 0.196. The number of hydrogen-bond donors (Lipinski definition) is 2. The van der Waals surface area contributed by atoms with Gasteiger partial charge in [-0.1, -0.05) is 12.1 Å². The molecule has 0 saturated carbocycles. The molecule has 0 aliphatic carbocycles. The van der Waals surface area contributed by atoms with Gasteiger partial charge in [0.2, 0.25) is 0 Å². The van der Waals surface area contributed by atoms with Crippen molar-refractivity contribution < 1.29 is 15.0 Å². The Hall–Kier alpha value is -7.77. The summed E-state index contributed by atoms with van der Waals surface area (Å²) < 4.78 is 8.84. The van der Waals surface area contributed by atoms with Gasteiger partial charge in [-0.05, 0) is 88.1 Å². The number of aliphatic hydroxyl groups excluding tert-OH is 2. The van der Waals surface area contributed by atoms with Crippen molar-refractivity contribution in [1.82, 2.24) is 68.2 Å². The number of pyridine rings is 4. The molecular formula is C53H54N16O3. The van der Waals surface area contributed by atoms with Gasteiger partial charge in [0, 0.05) is 73.9 Å². The first-order chi connectivity index (χ1) is 35.2. The van der Waals surface area contributed by atoms with Gasteiger partial charge in [0.15, 0.2) is 11.6 Å². The van der Waals surface area contributed by atoms with Crippen LogP contribution in [0.5, 0.6) is 0 Å². The number of fused-ring (bicyclic) bond motifs is 4. The van der Waals surface area contributed by atoms with Crippen LogP contribution in [-0.2, 0) is 52.1 Å². The summed E-state index contributed by atoms with van der Waals surface area (Å²) in [6, 6.07) is 20.3. The van der Waals surface area contributed by atoms with E-state index in [0.29, 0.717) is 88.2 Å². The van der Waals surface area contributed by atoms with Gasteiger partial charge >= 0.3 is 6.03 Å². The minimum absolute atomic E-state index is 0.103. The Morgan fingerprint density at radius 3 is 1.46 bits per heavy atom. The van der Waals surface area contributed by atoms with Crippen molar-refractivity contribution in [3.8, 4) is 68.3 Å². The summed E-state index contributed by atoms with van der Waals surface area (Å²) in [5.41, 5.74) is 14.2. The summed E-state index contributed by atoms with van der Waals surface area (Å²) in [4.78, 5) is 58.8.